The van der Waals surface area contributed by atoms with Gasteiger partial charge in [0.1, 0.15) is 11.8 Å². The van der Waals surface area contributed by atoms with Crippen molar-refractivity contribution in [3.8, 4) is 11.4 Å². The molecule has 3 heterocycles. The van der Waals surface area contributed by atoms with Gasteiger partial charge in [-0.25, -0.2) is 0 Å². The Kier molecular flexibility index (Phi) is 7.79. The van der Waals surface area contributed by atoms with Gasteiger partial charge in [0.2, 0.25) is 0 Å². The third-order valence-electron chi connectivity index (χ3n) is 7.04. The van der Waals surface area contributed by atoms with Crippen LogP contribution in [-0.2, 0) is 4.79 Å². The normalized spacial score (nSPS) is 16.0. The number of aromatic nitrogens is 2. The summed E-state index contributed by atoms with van der Waals surface area (Å²) < 4.78 is 7.47. The lowest BCUT2D eigenvalue weighted by Gasteiger charge is -2.29. The highest BCUT2D eigenvalue weighted by molar-refractivity contribution is 7.80. The van der Waals surface area contributed by atoms with Crippen LogP contribution in [0.3, 0.4) is 0 Å². The van der Waals surface area contributed by atoms with Crippen molar-refractivity contribution in [2.75, 3.05) is 16.8 Å². The highest BCUT2D eigenvalue weighted by Gasteiger charge is 2.42. The number of nitro benzene ring substituents is 1. The predicted octanol–water partition coefficient (Wildman–Crippen LogP) is 5.98. The molecule has 1 saturated heterocycles. The van der Waals surface area contributed by atoms with E-state index in [4.69, 9.17) is 17.0 Å². The fraction of sp³-hybridized carbons (Fsp3) is 0.0938. The van der Waals surface area contributed by atoms with Crippen LogP contribution < -0.4 is 20.3 Å². The molecule has 10 nitrogen and oxygen atoms in total. The number of hydrogen-bond acceptors (Lipinski definition) is 6. The summed E-state index contributed by atoms with van der Waals surface area (Å²) in [6, 6.07) is 32.0. The monoisotopic (exact) mass is 590 g/mol. The van der Waals surface area contributed by atoms with Crippen LogP contribution in [0.4, 0.5) is 17.1 Å². The number of nitro groups is 1. The second-order valence-corrected chi connectivity index (χ2v) is 10.2. The van der Waals surface area contributed by atoms with Crippen LogP contribution in [0.2, 0.25) is 0 Å². The Hall–Kier alpha value is -5.55. The standard InChI is InChI=1S/C32H26N6O4S/c39-29(21-42-26-10-2-1-3-11-26)34-22-14-16-23(17-15-22)37-31(30(35-32(37)43)27-12-4-5-18-33-27)28-13-7-19-36(28)24-8-6-9-25(20-24)38(40)41/h1-20,30-31H,21H2,(H,34,39)(H,35,43). The number of non-ortho nitro benzene ring substituents is 1. The lowest BCUT2D eigenvalue weighted by Crippen LogP contribution is -2.30. The molecule has 1 aliphatic heterocycles. The molecule has 11 heteroatoms. The van der Waals surface area contributed by atoms with Crippen molar-refractivity contribution in [3.63, 3.8) is 0 Å². The third-order valence-corrected chi connectivity index (χ3v) is 7.36. The molecule has 1 fully saturated rings. The first-order valence-corrected chi connectivity index (χ1v) is 13.9. The number of carbonyl (C=O) groups is 1. The molecule has 2 N–H and O–H groups in total. The fourth-order valence-corrected chi connectivity index (χ4v) is 5.47. The number of nitrogens with one attached hydrogen (secondary N) is 2. The number of thiocarbonyl (C=S) groups is 1. The first kappa shape index (κ1) is 27.6. The van der Waals surface area contributed by atoms with Gasteiger partial charge in [-0.05, 0) is 78.9 Å². The number of amides is 1. The molecular formula is C32H26N6O4S. The van der Waals surface area contributed by atoms with Crippen molar-refractivity contribution in [3.05, 3.63) is 143 Å². The molecule has 1 aliphatic rings. The summed E-state index contributed by atoms with van der Waals surface area (Å²) in [5.41, 5.74) is 3.72. The molecule has 1 amide bonds. The summed E-state index contributed by atoms with van der Waals surface area (Å²) in [7, 11) is 0. The lowest BCUT2D eigenvalue weighted by atomic mass is 10.0. The van der Waals surface area contributed by atoms with Gasteiger partial charge in [-0.1, -0.05) is 30.3 Å². The van der Waals surface area contributed by atoms with E-state index in [1.54, 1.807) is 30.5 Å². The van der Waals surface area contributed by atoms with Gasteiger partial charge in [0, 0.05) is 41.6 Å². The van der Waals surface area contributed by atoms with Crippen LogP contribution in [-0.4, -0.2) is 32.1 Å². The van der Waals surface area contributed by atoms with Crippen LogP contribution in [0.1, 0.15) is 23.5 Å². The zero-order chi connectivity index (χ0) is 29.8. The van der Waals surface area contributed by atoms with Crippen molar-refractivity contribution in [2.24, 2.45) is 0 Å². The van der Waals surface area contributed by atoms with Gasteiger partial charge in [0.15, 0.2) is 11.7 Å². The van der Waals surface area contributed by atoms with Crippen LogP contribution in [0.15, 0.2) is 122 Å². The van der Waals surface area contributed by atoms with Gasteiger partial charge in [-0.2, -0.15) is 0 Å². The summed E-state index contributed by atoms with van der Waals surface area (Å²) in [5, 5.41) is 18.3. The molecule has 214 valence electrons. The second kappa shape index (κ2) is 12.1. The predicted molar refractivity (Wildman–Crippen MR) is 167 cm³/mol. The second-order valence-electron chi connectivity index (χ2n) is 9.77. The van der Waals surface area contributed by atoms with Crippen LogP contribution >= 0.6 is 12.2 Å². The Morgan fingerprint density at radius 2 is 1.74 bits per heavy atom. The van der Waals surface area contributed by atoms with E-state index in [1.807, 2.05) is 94.5 Å². The summed E-state index contributed by atoms with van der Waals surface area (Å²) in [5.74, 6) is 0.337. The Morgan fingerprint density at radius 1 is 0.953 bits per heavy atom. The number of carbonyl (C=O) groups excluding carboxylic acids is 1. The maximum atomic E-state index is 12.5. The number of anilines is 2. The number of hydrogen-bond donors (Lipinski definition) is 2. The van der Waals surface area contributed by atoms with E-state index < -0.39 is 4.92 Å². The number of pyridine rings is 1. The lowest BCUT2D eigenvalue weighted by molar-refractivity contribution is -0.384. The van der Waals surface area contributed by atoms with E-state index in [9.17, 15) is 14.9 Å². The van der Waals surface area contributed by atoms with E-state index in [0.717, 1.165) is 17.1 Å². The molecular weight excluding hydrogens is 564 g/mol. The van der Waals surface area contributed by atoms with Crippen molar-refractivity contribution >= 4 is 40.3 Å². The zero-order valence-corrected chi connectivity index (χ0v) is 23.6. The topological polar surface area (TPSA) is 115 Å². The van der Waals surface area contributed by atoms with Gasteiger partial charge in [0.05, 0.1) is 22.3 Å². The molecule has 0 aliphatic carbocycles. The third kappa shape index (κ3) is 5.92. The largest absolute Gasteiger partial charge is 0.484 e. The molecule has 0 saturated carbocycles. The van der Waals surface area contributed by atoms with Crippen molar-refractivity contribution in [1.82, 2.24) is 14.9 Å². The van der Waals surface area contributed by atoms with Crippen molar-refractivity contribution in [1.29, 1.82) is 0 Å². The Bertz CT molecular complexity index is 1760. The van der Waals surface area contributed by atoms with Gasteiger partial charge < -0.3 is 24.8 Å². The average Bonchev–Trinajstić information content (AvgIpc) is 3.66. The van der Waals surface area contributed by atoms with E-state index in [2.05, 4.69) is 15.6 Å². The summed E-state index contributed by atoms with van der Waals surface area (Å²) >= 11 is 5.85. The number of ether oxygens (including phenoxy) is 1. The molecule has 0 bridgehead atoms. The molecule has 2 aromatic heterocycles. The minimum Gasteiger partial charge on any atom is -0.484 e. The smallest absolute Gasteiger partial charge is 0.271 e. The van der Waals surface area contributed by atoms with Crippen LogP contribution in [0.25, 0.3) is 5.69 Å². The molecule has 3 aromatic carbocycles. The number of para-hydroxylation sites is 1. The zero-order valence-electron chi connectivity index (χ0n) is 22.7. The fourth-order valence-electron chi connectivity index (χ4n) is 5.13. The van der Waals surface area contributed by atoms with Crippen LogP contribution in [0, 0.1) is 10.1 Å². The Morgan fingerprint density at radius 3 is 2.49 bits per heavy atom. The van der Waals surface area contributed by atoms with E-state index in [1.165, 1.54) is 6.07 Å². The van der Waals surface area contributed by atoms with Gasteiger partial charge in [-0.15, -0.1) is 0 Å². The highest BCUT2D eigenvalue weighted by Crippen LogP contribution is 2.42. The first-order valence-electron chi connectivity index (χ1n) is 13.5. The highest BCUT2D eigenvalue weighted by atomic mass is 32.1. The SMILES string of the molecule is O=C(COc1ccccc1)Nc1ccc(N2C(=S)NC(c3ccccn3)C2c2cccn2-c2cccc([N+](=O)[O-])c2)cc1. The molecule has 2 atom stereocenters. The number of nitrogens with zero attached hydrogens (tertiary/aromatic N) is 4. The van der Waals surface area contributed by atoms with Crippen molar-refractivity contribution in [2.45, 2.75) is 12.1 Å². The first-order chi connectivity index (χ1) is 21.0. The molecule has 2 unspecified atom stereocenters. The summed E-state index contributed by atoms with van der Waals surface area (Å²) in [4.78, 5) is 30.2. The summed E-state index contributed by atoms with van der Waals surface area (Å²) in [6.07, 6.45) is 3.61. The van der Waals surface area contributed by atoms with Gasteiger partial charge in [-0.3, -0.25) is 19.9 Å². The Labute approximate surface area is 252 Å². The minimum absolute atomic E-state index is 0.00199. The van der Waals surface area contributed by atoms with Crippen molar-refractivity contribution < 1.29 is 14.5 Å². The maximum Gasteiger partial charge on any atom is 0.271 e. The Balaban J connectivity index is 1.30. The molecule has 0 spiro atoms. The van der Waals surface area contributed by atoms with Gasteiger partial charge >= 0.3 is 0 Å². The molecule has 0 radical (unpaired) electrons. The summed E-state index contributed by atoms with van der Waals surface area (Å²) in [6.45, 7) is -0.117. The van der Waals surface area contributed by atoms with E-state index in [0.29, 0.717) is 22.2 Å². The quantitative estimate of drug-likeness (QED) is 0.123. The molecule has 43 heavy (non-hydrogen) atoms. The minimum atomic E-state index is -0.407. The maximum absolute atomic E-state index is 12.5. The van der Waals surface area contributed by atoms with Crippen LogP contribution in [0.5, 0.6) is 5.75 Å². The number of benzene rings is 3. The van der Waals surface area contributed by atoms with E-state index in [-0.39, 0.29) is 30.3 Å². The molecule has 6 rings (SSSR count). The molecule has 5 aromatic rings. The van der Waals surface area contributed by atoms with E-state index >= 15 is 0 Å². The van der Waals surface area contributed by atoms with Gasteiger partial charge in [0.25, 0.3) is 11.6 Å². The number of rotatable bonds is 9. The average molecular weight is 591 g/mol.